The minimum Gasteiger partial charge on any atom is -0.497 e. The number of nitrogens with zero attached hydrogens (tertiary/aromatic N) is 1. The molecule has 2 aromatic carbocycles. The van der Waals surface area contributed by atoms with Crippen molar-refractivity contribution in [3.63, 3.8) is 0 Å². The summed E-state index contributed by atoms with van der Waals surface area (Å²) in [6, 6.07) is 13.3. The van der Waals surface area contributed by atoms with Crippen molar-refractivity contribution in [2.45, 2.75) is 87.2 Å². The van der Waals surface area contributed by atoms with Gasteiger partial charge in [0.05, 0.1) is 45.0 Å². The molecule has 2 aromatic rings. The number of amides is 1. The number of sulfonamides is 1. The third kappa shape index (κ3) is 8.88. The molecule has 5 atom stereocenters. The second-order valence-corrected chi connectivity index (χ2v) is 13.9. The monoisotopic (exact) mass is 646 g/mol. The van der Waals surface area contributed by atoms with E-state index in [1.807, 2.05) is 30.3 Å². The molecule has 12 heteroatoms. The Morgan fingerprint density at radius 3 is 2.56 bits per heavy atom. The quantitative estimate of drug-likeness (QED) is 0.432. The highest BCUT2D eigenvalue weighted by Gasteiger charge is 2.44. The zero-order chi connectivity index (χ0) is 31.6. The van der Waals surface area contributed by atoms with Crippen molar-refractivity contribution in [1.29, 1.82) is 0 Å². The largest absolute Gasteiger partial charge is 0.497 e. The Labute approximate surface area is 266 Å². The zero-order valence-electron chi connectivity index (χ0n) is 26.0. The summed E-state index contributed by atoms with van der Waals surface area (Å²) < 4.78 is 58.0. The summed E-state index contributed by atoms with van der Waals surface area (Å²) in [7, 11) is -2.58. The number of methoxy groups -OCH3 is 1. The Hall–Kier alpha value is -2.90. The third-order valence-corrected chi connectivity index (χ3v) is 10.7. The Kier molecular flexibility index (Phi) is 12.0. The van der Waals surface area contributed by atoms with Crippen molar-refractivity contribution in [3.8, 4) is 11.5 Å². The predicted octanol–water partition coefficient (Wildman–Crippen LogP) is 4.27. The second-order valence-electron chi connectivity index (χ2n) is 12.0. The van der Waals surface area contributed by atoms with Crippen LogP contribution in [0.4, 0.5) is 4.79 Å². The van der Waals surface area contributed by atoms with E-state index in [9.17, 15) is 18.3 Å². The predicted molar refractivity (Wildman–Crippen MR) is 167 cm³/mol. The van der Waals surface area contributed by atoms with E-state index in [1.54, 1.807) is 12.1 Å². The van der Waals surface area contributed by atoms with Gasteiger partial charge in [-0.1, -0.05) is 62.4 Å². The van der Waals surface area contributed by atoms with Gasteiger partial charge in [0.15, 0.2) is 6.29 Å². The summed E-state index contributed by atoms with van der Waals surface area (Å²) in [6.45, 7) is 1.18. The lowest BCUT2D eigenvalue weighted by molar-refractivity contribution is -0.0907. The average Bonchev–Trinajstić information content (AvgIpc) is 3.66. The molecule has 0 bridgehead atoms. The highest BCUT2D eigenvalue weighted by molar-refractivity contribution is 7.89. The Morgan fingerprint density at radius 2 is 1.78 bits per heavy atom. The number of hydrogen-bond acceptors (Lipinski definition) is 9. The standard InChI is InChI=1S/C33H46N2O9S/c1-40-25-14-15-31-29(21-25)41-18-11-6-4-2-3-5-10-17-35(45(31,38)39)22-28(36)27(20-24-12-8-7-9-13-24)34-33(37)44-30-23-43-32-26(30)16-19-42-32/h7-9,12-15,21,26-28,30,32,36H,2-6,10-11,16-20,22-23H2,1H3,(H,34,37)/t26-,27-,28+,30-,32+/m0/s1. The fraction of sp³-hybridized carbons (Fsp3) is 0.606. The van der Waals surface area contributed by atoms with Crippen molar-refractivity contribution in [3.05, 3.63) is 54.1 Å². The van der Waals surface area contributed by atoms with Crippen LogP contribution in [-0.2, 0) is 30.7 Å². The number of alkyl carbamates (subject to hydrolysis) is 1. The molecule has 2 saturated heterocycles. The lowest BCUT2D eigenvalue weighted by Crippen LogP contribution is -2.51. The molecule has 0 radical (unpaired) electrons. The first kappa shape index (κ1) is 33.5. The van der Waals surface area contributed by atoms with Gasteiger partial charge in [0, 0.05) is 19.2 Å². The van der Waals surface area contributed by atoms with E-state index < -0.39 is 34.4 Å². The van der Waals surface area contributed by atoms with Crippen LogP contribution in [0.25, 0.3) is 0 Å². The number of β-amino-alcohol motifs (C(OH)–C–C–N with tert-alkyl or cyclic N) is 1. The van der Waals surface area contributed by atoms with Gasteiger partial charge in [-0.2, -0.15) is 4.31 Å². The summed E-state index contributed by atoms with van der Waals surface area (Å²) in [5.74, 6) is 0.682. The summed E-state index contributed by atoms with van der Waals surface area (Å²) >= 11 is 0. The molecule has 0 saturated carbocycles. The highest BCUT2D eigenvalue weighted by Crippen LogP contribution is 2.34. The van der Waals surface area contributed by atoms with Gasteiger partial charge in [-0.3, -0.25) is 0 Å². The number of aliphatic hydroxyl groups excluding tert-OH is 1. The van der Waals surface area contributed by atoms with Crippen molar-refractivity contribution in [2.24, 2.45) is 5.92 Å². The van der Waals surface area contributed by atoms with Crippen LogP contribution >= 0.6 is 0 Å². The number of benzene rings is 2. The zero-order valence-corrected chi connectivity index (χ0v) is 26.8. The molecule has 3 heterocycles. The molecule has 45 heavy (non-hydrogen) atoms. The lowest BCUT2D eigenvalue weighted by Gasteiger charge is -2.30. The summed E-state index contributed by atoms with van der Waals surface area (Å²) in [4.78, 5) is 13.2. The first-order chi connectivity index (χ1) is 21.8. The van der Waals surface area contributed by atoms with E-state index in [-0.39, 0.29) is 49.0 Å². The van der Waals surface area contributed by atoms with Gasteiger partial charge < -0.3 is 34.1 Å². The highest BCUT2D eigenvalue weighted by atomic mass is 32.2. The van der Waals surface area contributed by atoms with E-state index in [0.29, 0.717) is 25.4 Å². The summed E-state index contributed by atoms with van der Waals surface area (Å²) in [5.41, 5.74) is 0.880. The number of ether oxygens (including phenoxy) is 5. The molecule has 5 rings (SSSR count). The van der Waals surface area contributed by atoms with Crippen LogP contribution in [0.5, 0.6) is 11.5 Å². The van der Waals surface area contributed by atoms with Gasteiger partial charge in [0.25, 0.3) is 0 Å². The van der Waals surface area contributed by atoms with E-state index >= 15 is 0 Å². The van der Waals surface area contributed by atoms with E-state index in [0.717, 1.165) is 50.5 Å². The molecule has 3 aliphatic rings. The number of carbonyl (C=O) groups excluding carboxylic acids is 1. The minimum atomic E-state index is -4.10. The van der Waals surface area contributed by atoms with Crippen molar-refractivity contribution < 1.29 is 42.0 Å². The van der Waals surface area contributed by atoms with E-state index in [2.05, 4.69) is 5.32 Å². The van der Waals surface area contributed by atoms with Crippen molar-refractivity contribution in [2.75, 3.05) is 40.0 Å². The molecule has 2 fully saturated rings. The maximum absolute atomic E-state index is 14.2. The number of hydrogen-bond donors (Lipinski definition) is 2. The maximum Gasteiger partial charge on any atom is 0.407 e. The molecular formula is C33H46N2O9S. The Balaban J connectivity index is 1.37. The molecular weight excluding hydrogens is 600 g/mol. The number of nitrogens with one attached hydrogen (secondary N) is 1. The number of rotatable bonds is 8. The smallest absolute Gasteiger partial charge is 0.407 e. The molecule has 0 aliphatic carbocycles. The van der Waals surface area contributed by atoms with Gasteiger partial charge in [-0.25, -0.2) is 13.2 Å². The van der Waals surface area contributed by atoms with Crippen LogP contribution in [0, 0.1) is 5.92 Å². The fourth-order valence-electron chi connectivity index (χ4n) is 6.20. The van der Waals surface area contributed by atoms with Gasteiger partial charge in [0.2, 0.25) is 10.0 Å². The molecule has 0 spiro atoms. The molecule has 3 aliphatic heterocycles. The second kappa shape index (κ2) is 16.1. The maximum atomic E-state index is 14.2. The van der Waals surface area contributed by atoms with Crippen LogP contribution in [-0.4, -0.2) is 88.5 Å². The SMILES string of the molecule is COc1ccc2c(c1)OCCCCCCCCCN(C[C@@H](O)[C@H](Cc1ccccc1)NC(=O)O[C@H]1CO[C@H]3OCC[C@H]31)S2(=O)=O. The first-order valence-corrected chi connectivity index (χ1v) is 17.5. The molecule has 0 unspecified atom stereocenters. The van der Waals surface area contributed by atoms with E-state index in [4.69, 9.17) is 23.7 Å². The normalized spacial score (nSPS) is 25.5. The van der Waals surface area contributed by atoms with Crippen LogP contribution in [0.15, 0.2) is 53.4 Å². The topological polar surface area (TPSA) is 133 Å². The lowest BCUT2D eigenvalue weighted by atomic mass is 10.0. The van der Waals surface area contributed by atoms with Crippen LogP contribution in [0.3, 0.4) is 0 Å². The van der Waals surface area contributed by atoms with Crippen LogP contribution < -0.4 is 14.8 Å². The third-order valence-electron chi connectivity index (χ3n) is 8.78. The van der Waals surface area contributed by atoms with Gasteiger partial charge >= 0.3 is 6.09 Å². The van der Waals surface area contributed by atoms with Crippen molar-refractivity contribution >= 4 is 16.1 Å². The Bertz CT molecular complexity index is 1340. The van der Waals surface area contributed by atoms with Gasteiger partial charge in [0.1, 0.15) is 22.5 Å². The summed E-state index contributed by atoms with van der Waals surface area (Å²) in [5, 5.41) is 14.5. The molecule has 0 aromatic heterocycles. The molecule has 248 valence electrons. The first-order valence-electron chi connectivity index (χ1n) is 16.1. The van der Waals surface area contributed by atoms with Crippen molar-refractivity contribution in [1.82, 2.24) is 9.62 Å². The average molecular weight is 647 g/mol. The molecule has 2 N–H and O–H groups in total. The number of carbonyl (C=O) groups is 1. The van der Waals surface area contributed by atoms with E-state index in [1.165, 1.54) is 17.5 Å². The fourth-order valence-corrected chi connectivity index (χ4v) is 7.81. The van der Waals surface area contributed by atoms with Crippen LogP contribution in [0.1, 0.15) is 56.9 Å². The van der Waals surface area contributed by atoms with Crippen LogP contribution in [0.2, 0.25) is 0 Å². The Morgan fingerprint density at radius 1 is 1.02 bits per heavy atom. The number of aliphatic hydroxyl groups is 1. The number of fused-ring (bicyclic) bond motifs is 2. The summed E-state index contributed by atoms with van der Waals surface area (Å²) in [6.07, 6.45) is 4.80. The van der Waals surface area contributed by atoms with Gasteiger partial charge in [-0.05, 0) is 43.4 Å². The molecule has 1 amide bonds. The minimum absolute atomic E-state index is 0.0223. The molecule has 11 nitrogen and oxygen atoms in total. The van der Waals surface area contributed by atoms with Gasteiger partial charge in [-0.15, -0.1) is 0 Å².